The third kappa shape index (κ3) is 3.85. The van der Waals surface area contributed by atoms with Crippen LogP contribution in [0.25, 0.3) is 0 Å². The zero-order valence-electron chi connectivity index (χ0n) is 10.0. The summed E-state index contributed by atoms with van der Waals surface area (Å²) in [6, 6.07) is 2.07. The van der Waals surface area contributed by atoms with Crippen LogP contribution < -0.4 is 5.32 Å². The Balaban J connectivity index is 1.86. The topological polar surface area (TPSA) is 24.9 Å². The molecule has 0 amide bonds. The summed E-state index contributed by atoms with van der Waals surface area (Å²) in [6.07, 6.45) is 6.69. The van der Waals surface area contributed by atoms with Crippen molar-refractivity contribution in [3.8, 4) is 0 Å². The molecule has 2 rings (SSSR count). The number of alkyl halides is 1. The number of hydrogen-bond donors (Lipinski definition) is 1. The fourth-order valence-corrected chi connectivity index (χ4v) is 2.92. The summed E-state index contributed by atoms with van der Waals surface area (Å²) >= 11 is 9.65. The number of nitrogens with one attached hydrogen (secondary N) is 1. The van der Waals surface area contributed by atoms with E-state index in [4.69, 9.17) is 11.6 Å². The fraction of sp³-hybridized carbons (Fsp3) is 0.615. The van der Waals surface area contributed by atoms with Gasteiger partial charge in [-0.1, -0.05) is 6.42 Å². The van der Waals surface area contributed by atoms with E-state index < -0.39 is 0 Å². The lowest BCUT2D eigenvalue weighted by molar-refractivity contribution is 0.378. The molecule has 1 saturated carbocycles. The van der Waals surface area contributed by atoms with Crippen molar-refractivity contribution in [3.05, 3.63) is 22.3 Å². The summed E-state index contributed by atoms with van der Waals surface area (Å²) in [7, 11) is 0. The average molecular weight is 318 g/mol. The molecule has 1 heterocycles. The Morgan fingerprint density at radius 3 is 3.06 bits per heavy atom. The minimum atomic E-state index is 0.371. The van der Waals surface area contributed by atoms with E-state index >= 15 is 0 Å². The highest BCUT2D eigenvalue weighted by molar-refractivity contribution is 9.10. The molecule has 1 fully saturated rings. The normalized spacial score (nSPS) is 24.6. The standard InChI is InChI=1S/C13H18BrClN2/c1-9-5-13(17-8-12(9)14)16-7-10-3-2-4-11(15)6-10/h5,8,10-11H,2-4,6-7H2,1H3,(H,16,17). The molecule has 1 N–H and O–H groups in total. The Labute approximate surface area is 116 Å². The van der Waals surface area contributed by atoms with Crippen LogP contribution in [0.4, 0.5) is 5.82 Å². The largest absolute Gasteiger partial charge is 0.370 e. The molecule has 0 aromatic carbocycles. The minimum absolute atomic E-state index is 0.371. The summed E-state index contributed by atoms with van der Waals surface area (Å²) in [4.78, 5) is 4.35. The second-order valence-electron chi connectivity index (χ2n) is 4.83. The molecule has 2 unspecified atom stereocenters. The van der Waals surface area contributed by atoms with Gasteiger partial charge >= 0.3 is 0 Å². The van der Waals surface area contributed by atoms with Gasteiger partial charge in [0.25, 0.3) is 0 Å². The molecule has 1 aromatic rings. The quantitative estimate of drug-likeness (QED) is 0.838. The number of nitrogens with zero attached hydrogens (tertiary/aromatic N) is 1. The van der Waals surface area contributed by atoms with Crippen LogP contribution in [0.1, 0.15) is 31.2 Å². The number of halogens is 2. The second kappa shape index (κ2) is 6.05. The van der Waals surface area contributed by atoms with Crippen LogP contribution in [0.15, 0.2) is 16.7 Å². The van der Waals surface area contributed by atoms with Crippen molar-refractivity contribution in [2.75, 3.05) is 11.9 Å². The van der Waals surface area contributed by atoms with E-state index in [-0.39, 0.29) is 0 Å². The first kappa shape index (κ1) is 13.2. The van der Waals surface area contributed by atoms with Crippen molar-refractivity contribution in [1.29, 1.82) is 0 Å². The number of aromatic nitrogens is 1. The van der Waals surface area contributed by atoms with Gasteiger partial charge in [-0.2, -0.15) is 0 Å². The fourth-order valence-electron chi connectivity index (χ4n) is 2.30. The van der Waals surface area contributed by atoms with E-state index in [1.165, 1.54) is 24.8 Å². The molecular weight excluding hydrogens is 300 g/mol. The summed E-state index contributed by atoms with van der Waals surface area (Å²) in [5.74, 6) is 1.65. The third-order valence-electron chi connectivity index (χ3n) is 3.34. The van der Waals surface area contributed by atoms with Gasteiger partial charge in [-0.25, -0.2) is 4.98 Å². The molecule has 2 nitrogen and oxygen atoms in total. The highest BCUT2D eigenvalue weighted by atomic mass is 79.9. The first-order chi connectivity index (χ1) is 8.15. The maximum absolute atomic E-state index is 6.19. The van der Waals surface area contributed by atoms with Gasteiger partial charge in [0.2, 0.25) is 0 Å². The number of anilines is 1. The van der Waals surface area contributed by atoms with Crippen molar-refractivity contribution in [1.82, 2.24) is 4.98 Å². The molecular formula is C13H18BrClN2. The highest BCUT2D eigenvalue weighted by Crippen LogP contribution is 2.28. The molecule has 2 atom stereocenters. The predicted octanol–water partition coefficient (Wildman–Crippen LogP) is 4.36. The molecule has 1 aromatic heterocycles. The summed E-state index contributed by atoms with van der Waals surface area (Å²) in [5, 5.41) is 3.78. The Bertz CT molecular complexity index is 384. The second-order valence-corrected chi connectivity index (χ2v) is 6.30. The zero-order chi connectivity index (χ0) is 12.3. The molecule has 17 heavy (non-hydrogen) atoms. The lowest BCUT2D eigenvalue weighted by Crippen LogP contribution is -2.22. The van der Waals surface area contributed by atoms with E-state index in [0.717, 1.165) is 23.3 Å². The van der Waals surface area contributed by atoms with Crippen LogP contribution in [0.5, 0.6) is 0 Å². The molecule has 0 spiro atoms. The van der Waals surface area contributed by atoms with E-state index in [2.05, 4.69) is 39.2 Å². The smallest absolute Gasteiger partial charge is 0.126 e. The van der Waals surface area contributed by atoms with Crippen LogP contribution >= 0.6 is 27.5 Å². The molecule has 1 aliphatic rings. The minimum Gasteiger partial charge on any atom is -0.370 e. The van der Waals surface area contributed by atoms with Crippen LogP contribution in [-0.4, -0.2) is 16.9 Å². The van der Waals surface area contributed by atoms with Gasteiger partial charge in [0, 0.05) is 22.6 Å². The van der Waals surface area contributed by atoms with E-state index in [1.807, 2.05) is 6.20 Å². The number of aryl methyl sites for hydroxylation is 1. The Morgan fingerprint density at radius 2 is 2.35 bits per heavy atom. The van der Waals surface area contributed by atoms with Gasteiger partial charge in [0.05, 0.1) is 0 Å². The predicted molar refractivity (Wildman–Crippen MR) is 76.8 cm³/mol. The van der Waals surface area contributed by atoms with Gasteiger partial charge in [0.1, 0.15) is 5.82 Å². The van der Waals surface area contributed by atoms with Gasteiger partial charge in [0.15, 0.2) is 0 Å². The Hall–Kier alpha value is -0.280. The van der Waals surface area contributed by atoms with Gasteiger partial charge in [-0.3, -0.25) is 0 Å². The van der Waals surface area contributed by atoms with Gasteiger partial charge in [-0.05, 0) is 59.7 Å². The number of hydrogen-bond acceptors (Lipinski definition) is 2. The number of pyridine rings is 1. The van der Waals surface area contributed by atoms with Crippen LogP contribution in [-0.2, 0) is 0 Å². The molecule has 94 valence electrons. The molecule has 1 aliphatic carbocycles. The molecule has 0 radical (unpaired) electrons. The first-order valence-corrected chi connectivity index (χ1v) is 7.38. The van der Waals surface area contributed by atoms with Crippen molar-refractivity contribution >= 4 is 33.3 Å². The van der Waals surface area contributed by atoms with Gasteiger partial charge in [-0.15, -0.1) is 11.6 Å². The monoisotopic (exact) mass is 316 g/mol. The maximum Gasteiger partial charge on any atom is 0.126 e. The highest BCUT2D eigenvalue weighted by Gasteiger charge is 2.19. The van der Waals surface area contributed by atoms with Crippen molar-refractivity contribution in [2.45, 2.75) is 38.0 Å². The lowest BCUT2D eigenvalue weighted by atomic mass is 9.89. The number of rotatable bonds is 3. The Morgan fingerprint density at radius 1 is 1.53 bits per heavy atom. The average Bonchev–Trinajstić information content (AvgIpc) is 2.31. The molecule has 0 saturated heterocycles. The van der Waals surface area contributed by atoms with E-state index in [0.29, 0.717) is 11.3 Å². The summed E-state index contributed by atoms with van der Waals surface area (Å²) in [6.45, 7) is 3.06. The Kier molecular flexibility index (Phi) is 4.69. The molecule has 0 bridgehead atoms. The SMILES string of the molecule is Cc1cc(NCC2CCCC(Cl)C2)ncc1Br. The summed E-state index contributed by atoms with van der Waals surface area (Å²) < 4.78 is 1.06. The zero-order valence-corrected chi connectivity index (χ0v) is 12.4. The van der Waals surface area contributed by atoms with E-state index in [1.54, 1.807) is 0 Å². The van der Waals surface area contributed by atoms with Crippen molar-refractivity contribution in [2.24, 2.45) is 5.92 Å². The first-order valence-electron chi connectivity index (χ1n) is 6.15. The van der Waals surface area contributed by atoms with Crippen LogP contribution in [0.3, 0.4) is 0 Å². The van der Waals surface area contributed by atoms with Crippen molar-refractivity contribution in [3.63, 3.8) is 0 Å². The van der Waals surface area contributed by atoms with E-state index in [9.17, 15) is 0 Å². The summed E-state index contributed by atoms with van der Waals surface area (Å²) in [5.41, 5.74) is 1.21. The van der Waals surface area contributed by atoms with Gasteiger partial charge < -0.3 is 5.32 Å². The maximum atomic E-state index is 6.19. The molecule has 4 heteroatoms. The van der Waals surface area contributed by atoms with Crippen molar-refractivity contribution < 1.29 is 0 Å². The molecule has 0 aliphatic heterocycles. The lowest BCUT2D eigenvalue weighted by Gasteiger charge is -2.25. The van der Waals surface area contributed by atoms with Crippen LogP contribution in [0.2, 0.25) is 0 Å². The third-order valence-corrected chi connectivity index (χ3v) is 4.56. The van der Waals surface area contributed by atoms with Crippen LogP contribution in [0, 0.1) is 12.8 Å².